The molecule has 0 radical (unpaired) electrons. The van der Waals surface area contributed by atoms with E-state index >= 15 is 0 Å². The first-order valence-electron chi connectivity index (χ1n) is 4.23. The molecule has 0 spiro atoms. The second-order valence-electron chi connectivity index (χ2n) is 2.72. The van der Waals surface area contributed by atoms with E-state index in [0.29, 0.717) is 13.1 Å². The molecule has 8 heteroatoms. The van der Waals surface area contributed by atoms with Gasteiger partial charge in [0.1, 0.15) is 10.1 Å². The van der Waals surface area contributed by atoms with Crippen LogP contribution in [0.5, 0.6) is 0 Å². The van der Waals surface area contributed by atoms with Crippen LogP contribution in [0.25, 0.3) is 0 Å². The van der Waals surface area contributed by atoms with Crippen LogP contribution in [0.2, 0.25) is 0 Å². The number of aliphatic hydroxyl groups excluding tert-OH is 1. The summed E-state index contributed by atoms with van der Waals surface area (Å²) in [7, 11) is -4.79. The van der Waals surface area contributed by atoms with Crippen LogP contribution in [0.4, 0.5) is 0 Å². The zero-order chi connectivity index (χ0) is 11.4. The van der Waals surface area contributed by atoms with Gasteiger partial charge in [0.2, 0.25) is 5.91 Å². The number of aliphatic hydroxyl groups is 1. The fraction of sp³-hybridized carbons (Fsp3) is 0.857. The molecule has 0 aromatic rings. The summed E-state index contributed by atoms with van der Waals surface area (Å²) in [6.07, 6.45) is -0.673. The van der Waals surface area contributed by atoms with Crippen molar-refractivity contribution in [2.75, 3.05) is 13.1 Å². The van der Waals surface area contributed by atoms with E-state index < -0.39 is 27.9 Å². The minimum absolute atomic E-state index is 0. The van der Waals surface area contributed by atoms with Crippen molar-refractivity contribution >= 4 is 16.0 Å². The number of amides is 1. The summed E-state index contributed by atoms with van der Waals surface area (Å²) >= 11 is 0. The molecule has 1 N–H and O–H groups in total. The van der Waals surface area contributed by atoms with Crippen LogP contribution in [0.15, 0.2) is 0 Å². The normalized spacial score (nSPS) is 12.8. The Bertz CT molecular complexity index is 288. The molecule has 0 saturated carbocycles. The van der Waals surface area contributed by atoms with E-state index in [4.69, 9.17) is 5.11 Å². The van der Waals surface area contributed by atoms with Gasteiger partial charge >= 0.3 is 29.6 Å². The molecule has 15 heavy (non-hydrogen) atoms. The molecule has 0 bridgehead atoms. The van der Waals surface area contributed by atoms with E-state index in [1.165, 1.54) is 4.90 Å². The average Bonchev–Trinajstić information content (AvgIpc) is 2.04. The standard InChI is InChI=1S/C7H15NO5S.Na/c1-3-8(4-2)6(9)5-7(10)14(11,12)13;/h7,10H,3-5H2,1-2H3,(H,11,12,13);/q;+1/p-1. The smallest absolute Gasteiger partial charge is 0.746 e. The zero-order valence-electron chi connectivity index (χ0n) is 9.13. The fourth-order valence-electron chi connectivity index (χ4n) is 0.957. The Kier molecular flexibility index (Phi) is 8.97. The Morgan fingerprint density at radius 2 is 1.80 bits per heavy atom. The van der Waals surface area contributed by atoms with Gasteiger partial charge in [0.05, 0.1) is 6.42 Å². The topological polar surface area (TPSA) is 97.7 Å². The maximum absolute atomic E-state index is 11.2. The summed E-state index contributed by atoms with van der Waals surface area (Å²) in [5.41, 5.74) is -2.14. The van der Waals surface area contributed by atoms with E-state index in [0.717, 1.165) is 0 Å². The molecule has 0 saturated heterocycles. The molecule has 0 heterocycles. The Morgan fingerprint density at radius 1 is 1.40 bits per heavy atom. The summed E-state index contributed by atoms with van der Waals surface area (Å²) < 4.78 is 30.9. The average molecular weight is 247 g/mol. The number of hydrogen-bond donors (Lipinski definition) is 1. The molecule has 84 valence electrons. The molecular weight excluding hydrogens is 233 g/mol. The van der Waals surface area contributed by atoms with Gasteiger partial charge in [-0.25, -0.2) is 8.42 Å². The quantitative estimate of drug-likeness (QED) is 0.396. The third kappa shape index (κ3) is 6.49. The molecule has 1 amide bonds. The van der Waals surface area contributed by atoms with Crippen LogP contribution in [0, 0.1) is 0 Å². The molecule has 0 aromatic carbocycles. The Morgan fingerprint density at radius 3 is 2.07 bits per heavy atom. The third-order valence-corrected chi connectivity index (χ3v) is 2.63. The van der Waals surface area contributed by atoms with Gasteiger partial charge in [-0.2, -0.15) is 0 Å². The Balaban J connectivity index is 0. The summed E-state index contributed by atoms with van der Waals surface area (Å²) in [4.78, 5) is 12.6. The molecule has 0 aliphatic carbocycles. The number of carbonyl (C=O) groups is 1. The van der Waals surface area contributed by atoms with Gasteiger partial charge in [-0.15, -0.1) is 0 Å². The monoisotopic (exact) mass is 247 g/mol. The Hall–Kier alpha value is 0.340. The van der Waals surface area contributed by atoms with Crippen LogP contribution in [-0.4, -0.2) is 47.4 Å². The predicted molar refractivity (Wildman–Crippen MR) is 48.2 cm³/mol. The molecule has 1 atom stereocenters. The van der Waals surface area contributed by atoms with Crippen molar-refractivity contribution in [3.05, 3.63) is 0 Å². The van der Waals surface area contributed by atoms with E-state index in [1.807, 2.05) is 0 Å². The van der Waals surface area contributed by atoms with Gasteiger partial charge in [-0.1, -0.05) is 0 Å². The van der Waals surface area contributed by atoms with Crippen molar-refractivity contribution in [2.24, 2.45) is 0 Å². The molecule has 0 aliphatic heterocycles. The van der Waals surface area contributed by atoms with Crippen molar-refractivity contribution in [1.82, 2.24) is 4.90 Å². The van der Waals surface area contributed by atoms with Crippen molar-refractivity contribution < 1.29 is 52.4 Å². The van der Waals surface area contributed by atoms with Gasteiger partial charge < -0.3 is 14.6 Å². The van der Waals surface area contributed by atoms with Crippen LogP contribution < -0.4 is 29.6 Å². The maximum Gasteiger partial charge on any atom is 1.00 e. The van der Waals surface area contributed by atoms with Gasteiger partial charge in [-0.05, 0) is 13.8 Å². The maximum atomic E-state index is 11.2. The first kappa shape index (κ1) is 17.7. The van der Waals surface area contributed by atoms with Crippen molar-refractivity contribution in [3.63, 3.8) is 0 Å². The summed E-state index contributed by atoms with van der Waals surface area (Å²) in [5, 5.41) is 8.85. The van der Waals surface area contributed by atoms with Gasteiger partial charge in [0, 0.05) is 13.1 Å². The van der Waals surface area contributed by atoms with Crippen molar-refractivity contribution in [2.45, 2.75) is 25.7 Å². The largest absolute Gasteiger partial charge is 1.00 e. The molecule has 0 fully saturated rings. The molecular formula is C7H14NNaO5S. The molecule has 0 rings (SSSR count). The van der Waals surface area contributed by atoms with E-state index in [2.05, 4.69) is 0 Å². The summed E-state index contributed by atoms with van der Waals surface area (Å²) in [5.74, 6) is -0.540. The molecule has 6 nitrogen and oxygen atoms in total. The van der Waals surface area contributed by atoms with Gasteiger partial charge in [0.25, 0.3) is 0 Å². The first-order valence-corrected chi connectivity index (χ1v) is 5.70. The number of rotatable bonds is 5. The second-order valence-corrected chi connectivity index (χ2v) is 4.25. The third-order valence-electron chi connectivity index (χ3n) is 1.80. The van der Waals surface area contributed by atoms with Crippen LogP contribution in [-0.2, 0) is 14.9 Å². The van der Waals surface area contributed by atoms with Crippen LogP contribution in [0.1, 0.15) is 20.3 Å². The van der Waals surface area contributed by atoms with Crippen molar-refractivity contribution in [3.8, 4) is 0 Å². The molecule has 0 aromatic heterocycles. The Labute approximate surface area is 112 Å². The first-order chi connectivity index (χ1) is 6.32. The summed E-state index contributed by atoms with van der Waals surface area (Å²) in [6.45, 7) is 4.28. The zero-order valence-corrected chi connectivity index (χ0v) is 12.0. The molecule has 1 unspecified atom stereocenters. The van der Waals surface area contributed by atoms with Gasteiger partial charge in [0.15, 0.2) is 5.44 Å². The fourth-order valence-corrected chi connectivity index (χ4v) is 1.30. The second kappa shape index (κ2) is 7.59. The SMILES string of the molecule is CCN(CC)C(=O)CC(O)S(=O)(=O)[O-].[Na+]. The predicted octanol–water partition coefficient (Wildman–Crippen LogP) is -3.89. The minimum atomic E-state index is -4.79. The minimum Gasteiger partial charge on any atom is -0.746 e. The van der Waals surface area contributed by atoms with Crippen LogP contribution >= 0.6 is 0 Å². The van der Waals surface area contributed by atoms with E-state index in [-0.39, 0.29) is 29.6 Å². The number of carbonyl (C=O) groups excluding carboxylic acids is 1. The molecule has 0 aliphatic rings. The summed E-state index contributed by atoms with van der Waals surface area (Å²) in [6, 6.07) is 0. The van der Waals surface area contributed by atoms with Crippen molar-refractivity contribution in [1.29, 1.82) is 0 Å². The van der Waals surface area contributed by atoms with Gasteiger partial charge in [-0.3, -0.25) is 4.79 Å². The van der Waals surface area contributed by atoms with E-state index in [9.17, 15) is 17.8 Å². The van der Waals surface area contributed by atoms with Crippen LogP contribution in [0.3, 0.4) is 0 Å². The van der Waals surface area contributed by atoms with E-state index in [1.54, 1.807) is 13.8 Å². The number of hydrogen-bond acceptors (Lipinski definition) is 5. The number of nitrogens with zero attached hydrogens (tertiary/aromatic N) is 1.